The number of carbonyl (C=O) groups is 2. The van der Waals surface area contributed by atoms with Crippen LogP contribution < -0.4 is 10.6 Å². The number of thiophene rings is 1. The third kappa shape index (κ3) is 4.35. The molecule has 1 unspecified atom stereocenters. The predicted octanol–water partition coefficient (Wildman–Crippen LogP) is 3.42. The topological polar surface area (TPSA) is 58.2 Å². The molecule has 0 bridgehead atoms. The van der Waals surface area contributed by atoms with Gasteiger partial charge in [0.15, 0.2) is 0 Å². The summed E-state index contributed by atoms with van der Waals surface area (Å²) in [7, 11) is 0. The fourth-order valence-corrected chi connectivity index (χ4v) is 2.58. The highest BCUT2D eigenvalue weighted by Crippen LogP contribution is 2.17. The van der Waals surface area contributed by atoms with Gasteiger partial charge in [-0.3, -0.25) is 9.59 Å². The molecule has 0 aliphatic heterocycles. The van der Waals surface area contributed by atoms with Gasteiger partial charge in [0.1, 0.15) is 17.7 Å². The number of rotatable bonds is 5. The molecule has 4 nitrogen and oxygen atoms in total. The van der Waals surface area contributed by atoms with E-state index < -0.39 is 23.6 Å². The first kappa shape index (κ1) is 17.1. The Balaban J connectivity index is 2.10. The van der Waals surface area contributed by atoms with Gasteiger partial charge in [-0.2, -0.15) is 0 Å². The fourth-order valence-electron chi connectivity index (χ4n) is 1.96. The zero-order valence-electron chi connectivity index (χ0n) is 12.6. The van der Waals surface area contributed by atoms with Crippen molar-refractivity contribution < 1.29 is 18.4 Å². The molecule has 2 aromatic rings. The van der Waals surface area contributed by atoms with E-state index in [-0.39, 0.29) is 17.5 Å². The van der Waals surface area contributed by atoms with Gasteiger partial charge in [0.05, 0.1) is 10.6 Å². The molecule has 1 atom stereocenters. The zero-order valence-corrected chi connectivity index (χ0v) is 13.4. The van der Waals surface area contributed by atoms with Crippen molar-refractivity contribution in [3.63, 3.8) is 0 Å². The van der Waals surface area contributed by atoms with E-state index in [9.17, 15) is 18.4 Å². The number of hydrogen-bond acceptors (Lipinski definition) is 3. The summed E-state index contributed by atoms with van der Waals surface area (Å²) in [5, 5.41) is 6.77. The van der Waals surface area contributed by atoms with Crippen molar-refractivity contribution in [1.29, 1.82) is 0 Å². The molecule has 0 fully saturated rings. The Morgan fingerprint density at radius 2 is 1.91 bits per heavy atom. The third-order valence-electron chi connectivity index (χ3n) is 3.17. The Hall–Kier alpha value is -2.28. The molecule has 2 rings (SSSR count). The second kappa shape index (κ2) is 7.32. The van der Waals surface area contributed by atoms with Crippen LogP contribution in [0.3, 0.4) is 0 Å². The van der Waals surface area contributed by atoms with Gasteiger partial charge in [0.25, 0.3) is 5.91 Å². The van der Waals surface area contributed by atoms with Crippen LogP contribution >= 0.6 is 11.3 Å². The van der Waals surface area contributed by atoms with Crippen molar-refractivity contribution in [1.82, 2.24) is 5.32 Å². The van der Waals surface area contributed by atoms with E-state index in [2.05, 4.69) is 10.6 Å². The second-order valence-corrected chi connectivity index (χ2v) is 6.23. The van der Waals surface area contributed by atoms with Crippen LogP contribution in [0.1, 0.15) is 23.5 Å². The molecule has 2 amide bonds. The number of hydrogen-bond donors (Lipinski definition) is 2. The van der Waals surface area contributed by atoms with Crippen molar-refractivity contribution in [3.8, 4) is 0 Å². The summed E-state index contributed by atoms with van der Waals surface area (Å²) in [6.07, 6.45) is 0. The van der Waals surface area contributed by atoms with E-state index in [4.69, 9.17) is 0 Å². The Morgan fingerprint density at radius 1 is 1.17 bits per heavy atom. The average molecular weight is 338 g/mol. The van der Waals surface area contributed by atoms with Gasteiger partial charge in [-0.25, -0.2) is 8.78 Å². The van der Waals surface area contributed by atoms with Crippen LogP contribution in [0.4, 0.5) is 14.5 Å². The van der Waals surface area contributed by atoms with Gasteiger partial charge >= 0.3 is 0 Å². The number of carbonyl (C=O) groups excluding carboxylic acids is 2. The van der Waals surface area contributed by atoms with Crippen molar-refractivity contribution in [2.45, 2.75) is 19.9 Å². The molecule has 0 aliphatic carbocycles. The molecule has 0 spiro atoms. The summed E-state index contributed by atoms with van der Waals surface area (Å²) in [6, 6.07) is 5.42. The fraction of sp³-hybridized carbons (Fsp3) is 0.250. The average Bonchev–Trinajstić information content (AvgIpc) is 3.01. The van der Waals surface area contributed by atoms with Gasteiger partial charge in [0.2, 0.25) is 5.91 Å². The Bertz CT molecular complexity index is 702. The van der Waals surface area contributed by atoms with Crippen molar-refractivity contribution in [3.05, 3.63) is 52.2 Å². The molecule has 23 heavy (non-hydrogen) atoms. The lowest BCUT2D eigenvalue weighted by atomic mass is 10.0. The van der Waals surface area contributed by atoms with Crippen LogP contribution in [-0.2, 0) is 4.79 Å². The Morgan fingerprint density at radius 3 is 2.48 bits per heavy atom. The standard InChI is InChI=1S/C16H16F2N2O2S/c1-9(2)14(20-15(21)13-4-3-7-23-13)16(22)19-12-6-5-10(17)8-11(12)18/h3-9,14H,1-2H3,(H,19,22)(H,20,21). The molecule has 7 heteroatoms. The summed E-state index contributed by atoms with van der Waals surface area (Å²) in [5.41, 5.74) is -0.132. The smallest absolute Gasteiger partial charge is 0.262 e. The van der Waals surface area contributed by atoms with Gasteiger partial charge in [-0.15, -0.1) is 11.3 Å². The Kier molecular flexibility index (Phi) is 5.44. The summed E-state index contributed by atoms with van der Waals surface area (Å²) in [6.45, 7) is 3.53. The highest BCUT2D eigenvalue weighted by Gasteiger charge is 2.25. The molecule has 0 saturated carbocycles. The van der Waals surface area contributed by atoms with Crippen LogP contribution in [0.2, 0.25) is 0 Å². The summed E-state index contributed by atoms with van der Waals surface area (Å²) < 4.78 is 26.5. The molecular weight excluding hydrogens is 322 g/mol. The quantitative estimate of drug-likeness (QED) is 0.878. The molecule has 2 N–H and O–H groups in total. The molecule has 0 aliphatic rings. The first-order valence-corrected chi connectivity index (χ1v) is 7.86. The molecule has 0 saturated heterocycles. The van der Waals surface area contributed by atoms with Crippen molar-refractivity contribution >= 4 is 28.8 Å². The minimum atomic E-state index is -0.870. The minimum absolute atomic E-state index is 0.132. The van der Waals surface area contributed by atoms with Gasteiger partial charge < -0.3 is 10.6 Å². The van der Waals surface area contributed by atoms with Gasteiger partial charge in [0, 0.05) is 6.07 Å². The summed E-state index contributed by atoms with van der Waals surface area (Å²) in [4.78, 5) is 24.9. The SMILES string of the molecule is CC(C)C(NC(=O)c1cccs1)C(=O)Nc1ccc(F)cc1F. The normalized spacial score (nSPS) is 12.0. The number of nitrogens with one attached hydrogen (secondary N) is 2. The summed E-state index contributed by atoms with van der Waals surface area (Å²) in [5.74, 6) is -2.73. The summed E-state index contributed by atoms with van der Waals surface area (Å²) >= 11 is 1.26. The number of benzene rings is 1. The molecule has 122 valence electrons. The Labute approximate surface area is 136 Å². The highest BCUT2D eigenvalue weighted by atomic mass is 32.1. The molecule has 0 radical (unpaired) electrons. The highest BCUT2D eigenvalue weighted by molar-refractivity contribution is 7.12. The van der Waals surface area contributed by atoms with Crippen LogP contribution in [0, 0.1) is 17.6 Å². The first-order valence-electron chi connectivity index (χ1n) is 6.98. The van der Waals surface area contributed by atoms with Crippen molar-refractivity contribution in [2.75, 3.05) is 5.32 Å². The van der Waals surface area contributed by atoms with Gasteiger partial charge in [-0.1, -0.05) is 19.9 Å². The van der Waals surface area contributed by atoms with Crippen molar-refractivity contribution in [2.24, 2.45) is 5.92 Å². The van der Waals surface area contributed by atoms with E-state index in [0.29, 0.717) is 10.9 Å². The molecule has 1 aromatic carbocycles. The maximum atomic E-state index is 13.6. The lowest BCUT2D eigenvalue weighted by Gasteiger charge is -2.21. The van der Waals surface area contributed by atoms with Crippen LogP contribution in [0.5, 0.6) is 0 Å². The largest absolute Gasteiger partial charge is 0.339 e. The monoisotopic (exact) mass is 338 g/mol. The van der Waals surface area contributed by atoms with Gasteiger partial charge in [-0.05, 0) is 29.5 Å². The lowest BCUT2D eigenvalue weighted by molar-refractivity contribution is -0.118. The number of amides is 2. The van der Waals surface area contributed by atoms with Crippen LogP contribution in [0.15, 0.2) is 35.7 Å². The third-order valence-corrected chi connectivity index (χ3v) is 4.04. The van der Waals surface area contributed by atoms with Crippen LogP contribution in [0.25, 0.3) is 0 Å². The lowest BCUT2D eigenvalue weighted by Crippen LogP contribution is -2.47. The maximum Gasteiger partial charge on any atom is 0.262 e. The van der Waals surface area contributed by atoms with E-state index in [0.717, 1.165) is 12.1 Å². The number of anilines is 1. The molecule has 1 aromatic heterocycles. The minimum Gasteiger partial charge on any atom is -0.339 e. The maximum absolute atomic E-state index is 13.6. The van der Waals surface area contributed by atoms with E-state index in [1.54, 1.807) is 31.4 Å². The zero-order chi connectivity index (χ0) is 17.0. The van der Waals surface area contributed by atoms with E-state index in [1.165, 1.54) is 11.3 Å². The number of halogens is 2. The first-order chi connectivity index (χ1) is 10.9. The molecule has 1 heterocycles. The predicted molar refractivity (Wildman–Crippen MR) is 85.4 cm³/mol. The second-order valence-electron chi connectivity index (χ2n) is 5.29. The van der Waals surface area contributed by atoms with Crippen LogP contribution in [-0.4, -0.2) is 17.9 Å². The molecular formula is C16H16F2N2O2S. The van der Waals surface area contributed by atoms with E-state index >= 15 is 0 Å². The van der Waals surface area contributed by atoms with E-state index in [1.807, 2.05) is 0 Å².